The first-order valence-corrected chi connectivity index (χ1v) is 9.29. The van der Waals surface area contributed by atoms with Gasteiger partial charge in [-0.25, -0.2) is 0 Å². The zero-order valence-electron chi connectivity index (χ0n) is 15.7. The van der Waals surface area contributed by atoms with Crippen LogP contribution in [0, 0.1) is 5.92 Å². The van der Waals surface area contributed by atoms with Crippen molar-refractivity contribution in [2.24, 2.45) is 5.92 Å². The molecule has 0 aromatic heterocycles. The van der Waals surface area contributed by atoms with E-state index >= 15 is 0 Å². The Morgan fingerprint density at radius 2 is 1.00 bits per heavy atom. The monoisotopic (exact) mass is 328 g/mol. The third kappa shape index (κ3) is 3.02. The van der Waals surface area contributed by atoms with Gasteiger partial charge in [-0.05, 0) is 34.1 Å². The summed E-state index contributed by atoms with van der Waals surface area (Å²) in [5.74, 6) is 0.916. The predicted molar refractivity (Wildman–Crippen MR) is 108 cm³/mol. The summed E-state index contributed by atoms with van der Waals surface area (Å²) in [5.41, 5.74) is 5.44. The van der Waals surface area contributed by atoms with Crippen LogP contribution in [0.3, 0.4) is 0 Å². The van der Waals surface area contributed by atoms with E-state index in [1.165, 1.54) is 22.3 Å². The molecule has 3 aromatic carbocycles. The molecule has 0 radical (unpaired) electrons. The van der Waals surface area contributed by atoms with Crippen molar-refractivity contribution in [3.8, 4) is 0 Å². The second-order valence-corrected chi connectivity index (χ2v) is 7.44. The zero-order chi connectivity index (χ0) is 17.9. The van der Waals surface area contributed by atoms with Crippen molar-refractivity contribution in [3.05, 3.63) is 107 Å². The van der Waals surface area contributed by atoms with Crippen molar-refractivity contribution in [1.82, 2.24) is 0 Å². The summed E-state index contributed by atoms with van der Waals surface area (Å²) >= 11 is 0. The molecule has 128 valence electrons. The van der Waals surface area contributed by atoms with Gasteiger partial charge in [-0.1, -0.05) is 113 Å². The van der Waals surface area contributed by atoms with Crippen LogP contribution in [0.15, 0.2) is 84.9 Å². The molecule has 0 fully saturated rings. The smallest absolute Gasteiger partial charge is 0.0476 e. The highest BCUT2D eigenvalue weighted by Crippen LogP contribution is 2.47. The molecule has 0 aliphatic rings. The molecule has 0 saturated heterocycles. The summed E-state index contributed by atoms with van der Waals surface area (Å²) < 4.78 is 0. The van der Waals surface area contributed by atoms with Gasteiger partial charge >= 0.3 is 0 Å². The van der Waals surface area contributed by atoms with Crippen LogP contribution < -0.4 is 0 Å². The van der Waals surface area contributed by atoms with E-state index in [1.807, 2.05) is 0 Å². The maximum atomic E-state index is 2.34. The van der Waals surface area contributed by atoms with Gasteiger partial charge in [0.1, 0.15) is 0 Å². The summed E-state index contributed by atoms with van der Waals surface area (Å²) in [5, 5.41) is 0. The van der Waals surface area contributed by atoms with Gasteiger partial charge in [0.05, 0.1) is 0 Å². The Morgan fingerprint density at radius 3 is 1.44 bits per heavy atom. The Hall–Kier alpha value is -2.34. The highest BCUT2D eigenvalue weighted by atomic mass is 14.4. The third-order valence-corrected chi connectivity index (χ3v) is 5.33. The maximum Gasteiger partial charge on any atom is 0.0476 e. The molecule has 3 aromatic rings. The Kier molecular flexibility index (Phi) is 5.08. The summed E-state index contributed by atoms with van der Waals surface area (Å²) in [6, 6.07) is 31.0. The second-order valence-electron chi connectivity index (χ2n) is 7.44. The quantitative estimate of drug-likeness (QED) is 0.452. The zero-order valence-corrected chi connectivity index (χ0v) is 15.7. The molecule has 0 N–H and O–H groups in total. The lowest BCUT2D eigenvalue weighted by Gasteiger charge is -2.41. The molecule has 0 bridgehead atoms. The molecule has 0 heterocycles. The Morgan fingerprint density at radius 1 is 0.560 bits per heavy atom. The molecule has 0 nitrogen and oxygen atoms in total. The van der Waals surface area contributed by atoms with Crippen LogP contribution >= 0.6 is 0 Å². The van der Waals surface area contributed by atoms with Crippen LogP contribution in [0.2, 0.25) is 0 Å². The third-order valence-electron chi connectivity index (χ3n) is 5.33. The Balaban J connectivity index is 2.42. The lowest BCUT2D eigenvalue weighted by Crippen LogP contribution is -2.36. The summed E-state index contributed by atoms with van der Waals surface area (Å²) in [6.45, 7) is 9.27. The molecule has 25 heavy (non-hydrogen) atoms. The topological polar surface area (TPSA) is 0 Å². The van der Waals surface area contributed by atoms with Gasteiger partial charge in [-0.15, -0.1) is 0 Å². The van der Waals surface area contributed by atoms with Crippen LogP contribution in [-0.4, -0.2) is 0 Å². The van der Waals surface area contributed by atoms with Crippen molar-refractivity contribution in [2.75, 3.05) is 0 Å². The number of benzene rings is 3. The minimum absolute atomic E-state index is 0.149. The van der Waals surface area contributed by atoms with E-state index < -0.39 is 0 Å². The largest absolute Gasteiger partial charge is 0.0622 e. The first-order valence-electron chi connectivity index (χ1n) is 9.29. The highest BCUT2D eigenvalue weighted by molar-refractivity contribution is 5.54. The molecule has 0 unspecified atom stereocenters. The van der Waals surface area contributed by atoms with E-state index in [-0.39, 0.29) is 5.41 Å². The predicted octanol–water partition coefficient (Wildman–Crippen LogP) is 6.80. The van der Waals surface area contributed by atoms with Gasteiger partial charge in [-0.2, -0.15) is 0 Å². The number of hydrogen-bond donors (Lipinski definition) is 0. The van der Waals surface area contributed by atoms with Crippen LogP contribution in [-0.2, 0) is 5.41 Å². The maximum absolute atomic E-state index is 2.34. The number of hydrogen-bond acceptors (Lipinski definition) is 0. The van der Waals surface area contributed by atoms with Crippen LogP contribution in [0.5, 0.6) is 0 Å². The fourth-order valence-corrected chi connectivity index (χ4v) is 4.22. The Bertz CT molecular complexity index is 758. The molecule has 0 amide bonds. The lowest BCUT2D eigenvalue weighted by molar-refractivity contribution is 0.433. The first-order chi connectivity index (χ1) is 12.1. The number of rotatable bonds is 5. The molecule has 3 rings (SSSR count). The van der Waals surface area contributed by atoms with Gasteiger partial charge in [0.15, 0.2) is 0 Å². The average molecular weight is 328 g/mol. The molecular weight excluding hydrogens is 300 g/mol. The molecular formula is C25H28. The van der Waals surface area contributed by atoms with E-state index in [9.17, 15) is 0 Å². The van der Waals surface area contributed by atoms with Crippen LogP contribution in [0.25, 0.3) is 0 Å². The average Bonchev–Trinajstić information content (AvgIpc) is 2.64. The van der Waals surface area contributed by atoms with Crippen molar-refractivity contribution in [1.29, 1.82) is 0 Å². The van der Waals surface area contributed by atoms with E-state index in [0.29, 0.717) is 11.8 Å². The molecule has 0 aliphatic carbocycles. The minimum Gasteiger partial charge on any atom is -0.0622 e. The van der Waals surface area contributed by atoms with E-state index in [4.69, 9.17) is 0 Å². The molecule has 0 spiro atoms. The van der Waals surface area contributed by atoms with Gasteiger partial charge in [-0.3, -0.25) is 0 Å². The normalized spacial score (nSPS) is 11.9. The van der Waals surface area contributed by atoms with Gasteiger partial charge in [0.25, 0.3) is 0 Å². The Labute approximate surface area is 152 Å². The second kappa shape index (κ2) is 7.27. The lowest BCUT2D eigenvalue weighted by atomic mass is 9.61. The van der Waals surface area contributed by atoms with Crippen molar-refractivity contribution in [3.63, 3.8) is 0 Å². The molecule has 0 aliphatic heterocycles. The standard InChI is InChI=1S/C25H28/c1-19(2)23-17-11-12-18-24(23)25(20(3)4,21-13-7-5-8-14-21)22-15-9-6-10-16-22/h5-20H,1-4H3. The van der Waals surface area contributed by atoms with Gasteiger partial charge in [0.2, 0.25) is 0 Å². The summed E-state index contributed by atoms with van der Waals surface area (Å²) in [7, 11) is 0. The van der Waals surface area contributed by atoms with Crippen molar-refractivity contribution < 1.29 is 0 Å². The van der Waals surface area contributed by atoms with E-state index in [1.54, 1.807) is 0 Å². The molecule has 0 saturated carbocycles. The summed E-state index contributed by atoms with van der Waals surface area (Å²) in [6.07, 6.45) is 0. The van der Waals surface area contributed by atoms with Crippen molar-refractivity contribution >= 4 is 0 Å². The molecule has 0 atom stereocenters. The van der Waals surface area contributed by atoms with Gasteiger partial charge in [0, 0.05) is 5.41 Å². The fraction of sp³-hybridized carbons (Fsp3) is 0.280. The summed E-state index contributed by atoms with van der Waals surface area (Å²) in [4.78, 5) is 0. The van der Waals surface area contributed by atoms with Crippen LogP contribution in [0.1, 0.15) is 55.9 Å². The fourth-order valence-electron chi connectivity index (χ4n) is 4.22. The highest BCUT2D eigenvalue weighted by Gasteiger charge is 2.40. The molecule has 0 heteroatoms. The van der Waals surface area contributed by atoms with Crippen LogP contribution in [0.4, 0.5) is 0 Å². The van der Waals surface area contributed by atoms with Crippen molar-refractivity contribution in [2.45, 2.75) is 39.0 Å². The minimum atomic E-state index is -0.149. The first kappa shape index (κ1) is 17.5. The SMILES string of the molecule is CC(C)c1ccccc1C(c1ccccc1)(c1ccccc1)C(C)C. The van der Waals surface area contributed by atoms with E-state index in [2.05, 4.69) is 113 Å². The van der Waals surface area contributed by atoms with E-state index in [0.717, 1.165) is 0 Å². The van der Waals surface area contributed by atoms with Gasteiger partial charge < -0.3 is 0 Å².